The second-order valence-corrected chi connectivity index (χ2v) is 7.17. The van der Waals surface area contributed by atoms with Crippen LogP contribution in [0.1, 0.15) is 34.8 Å². The Hall–Kier alpha value is -1.68. The van der Waals surface area contributed by atoms with E-state index in [9.17, 15) is 9.18 Å². The summed E-state index contributed by atoms with van der Waals surface area (Å²) in [6.45, 7) is 3.72. The fraction of sp³-hybridized carbons (Fsp3) is 0.333. The van der Waals surface area contributed by atoms with Crippen LogP contribution in [0.15, 0.2) is 51.9 Å². The Morgan fingerprint density at radius 3 is 2.62 bits per heavy atom. The number of carbonyl (C=O) groups excluding carboxylic acids is 1. The highest BCUT2D eigenvalue weighted by Crippen LogP contribution is 2.16. The summed E-state index contributed by atoms with van der Waals surface area (Å²) >= 11 is 3.26. The van der Waals surface area contributed by atoms with Crippen molar-refractivity contribution in [1.29, 1.82) is 0 Å². The maximum Gasteiger partial charge on any atom is 0.251 e. The monoisotopic (exact) mass is 576 g/mol. The van der Waals surface area contributed by atoms with Crippen molar-refractivity contribution in [2.45, 2.75) is 26.3 Å². The van der Waals surface area contributed by atoms with Crippen LogP contribution in [0.2, 0.25) is 0 Å². The molecule has 0 bridgehead atoms. The zero-order chi connectivity index (χ0) is 20.4. The van der Waals surface area contributed by atoms with Crippen LogP contribution in [-0.2, 0) is 13.0 Å². The van der Waals surface area contributed by atoms with E-state index in [1.54, 1.807) is 19.2 Å². The Kier molecular flexibility index (Phi) is 11.8. The Morgan fingerprint density at radius 1 is 1.14 bits per heavy atom. The summed E-state index contributed by atoms with van der Waals surface area (Å²) in [6, 6.07) is 12.6. The highest BCUT2D eigenvalue weighted by Gasteiger charge is 2.06. The molecule has 0 unspecified atom stereocenters. The van der Waals surface area contributed by atoms with E-state index in [-0.39, 0.29) is 35.7 Å². The minimum absolute atomic E-state index is 0. The van der Waals surface area contributed by atoms with Crippen molar-refractivity contribution < 1.29 is 9.18 Å². The van der Waals surface area contributed by atoms with E-state index in [2.05, 4.69) is 36.9 Å². The normalized spacial score (nSPS) is 10.8. The molecule has 5 nitrogen and oxygen atoms in total. The van der Waals surface area contributed by atoms with Crippen LogP contribution < -0.4 is 16.0 Å². The van der Waals surface area contributed by atoms with Gasteiger partial charge in [0.2, 0.25) is 0 Å². The first-order valence-corrected chi connectivity index (χ1v) is 10.1. The van der Waals surface area contributed by atoms with Crippen molar-refractivity contribution >= 4 is 51.8 Å². The molecule has 0 aliphatic carbocycles. The number of hydrogen-bond acceptors (Lipinski definition) is 2. The third-order valence-corrected chi connectivity index (χ3v) is 4.63. The van der Waals surface area contributed by atoms with E-state index < -0.39 is 0 Å². The molecule has 0 heterocycles. The van der Waals surface area contributed by atoms with Crippen LogP contribution in [0, 0.1) is 5.82 Å². The van der Waals surface area contributed by atoms with E-state index in [0.717, 1.165) is 16.5 Å². The first-order valence-electron chi connectivity index (χ1n) is 9.29. The smallest absolute Gasteiger partial charge is 0.251 e. The molecule has 1 amide bonds. The van der Waals surface area contributed by atoms with Crippen LogP contribution in [-0.4, -0.2) is 32.0 Å². The lowest BCUT2D eigenvalue weighted by molar-refractivity contribution is 0.0955. The maximum absolute atomic E-state index is 13.8. The average molecular weight is 577 g/mol. The van der Waals surface area contributed by atoms with Gasteiger partial charge in [-0.2, -0.15) is 0 Å². The Balaban J connectivity index is 0.00000420. The molecule has 29 heavy (non-hydrogen) atoms. The molecule has 0 aromatic heterocycles. The number of guanidine groups is 1. The Bertz CT molecular complexity index is 832. The summed E-state index contributed by atoms with van der Waals surface area (Å²) in [7, 11) is 1.70. The lowest BCUT2D eigenvalue weighted by Crippen LogP contribution is -2.37. The van der Waals surface area contributed by atoms with E-state index >= 15 is 0 Å². The minimum atomic E-state index is -0.191. The third-order valence-electron chi connectivity index (χ3n) is 4.14. The summed E-state index contributed by atoms with van der Waals surface area (Å²) in [6.07, 6.45) is 1.43. The van der Waals surface area contributed by atoms with E-state index in [4.69, 9.17) is 0 Å². The minimum Gasteiger partial charge on any atom is -0.356 e. The molecule has 2 aromatic carbocycles. The summed E-state index contributed by atoms with van der Waals surface area (Å²) in [4.78, 5) is 16.1. The second kappa shape index (κ2) is 13.5. The van der Waals surface area contributed by atoms with Gasteiger partial charge in [-0.05, 0) is 55.2 Å². The molecule has 0 radical (unpaired) electrons. The Labute approximate surface area is 197 Å². The van der Waals surface area contributed by atoms with Crippen molar-refractivity contribution in [1.82, 2.24) is 16.0 Å². The van der Waals surface area contributed by atoms with Crippen molar-refractivity contribution in [3.8, 4) is 0 Å². The predicted octanol–water partition coefficient (Wildman–Crippen LogP) is 4.25. The van der Waals surface area contributed by atoms with Gasteiger partial charge in [-0.25, -0.2) is 4.39 Å². The van der Waals surface area contributed by atoms with Crippen molar-refractivity contribution in [3.63, 3.8) is 0 Å². The first kappa shape index (κ1) is 25.4. The molecule has 0 spiro atoms. The fourth-order valence-corrected chi connectivity index (χ4v) is 3.03. The third kappa shape index (κ3) is 8.69. The molecule has 0 saturated heterocycles. The van der Waals surface area contributed by atoms with Gasteiger partial charge >= 0.3 is 0 Å². The van der Waals surface area contributed by atoms with Gasteiger partial charge in [-0.15, -0.1) is 24.0 Å². The maximum atomic E-state index is 13.8. The molecule has 0 fully saturated rings. The number of carbonyl (C=O) groups is 1. The number of hydrogen-bond donors (Lipinski definition) is 3. The zero-order valence-electron chi connectivity index (χ0n) is 16.6. The van der Waals surface area contributed by atoms with Crippen molar-refractivity contribution in [3.05, 3.63) is 69.4 Å². The van der Waals surface area contributed by atoms with E-state index in [1.807, 2.05) is 31.2 Å². The van der Waals surface area contributed by atoms with Gasteiger partial charge < -0.3 is 16.0 Å². The molecule has 0 aliphatic heterocycles. The topological polar surface area (TPSA) is 65.5 Å². The van der Waals surface area contributed by atoms with Crippen LogP contribution >= 0.6 is 39.9 Å². The molecular formula is C21H27BrFIN4O. The number of nitrogens with one attached hydrogen (secondary N) is 3. The second-order valence-electron chi connectivity index (χ2n) is 6.25. The van der Waals surface area contributed by atoms with Gasteiger partial charge in [0, 0.05) is 36.7 Å². The molecule has 2 rings (SSSR count). The van der Waals surface area contributed by atoms with Gasteiger partial charge in [0.1, 0.15) is 5.82 Å². The van der Waals surface area contributed by atoms with Gasteiger partial charge in [0.25, 0.3) is 5.91 Å². The molecule has 158 valence electrons. The van der Waals surface area contributed by atoms with Gasteiger partial charge in [-0.3, -0.25) is 9.79 Å². The summed E-state index contributed by atoms with van der Waals surface area (Å²) < 4.78 is 14.6. The van der Waals surface area contributed by atoms with E-state index in [1.165, 1.54) is 6.07 Å². The molecule has 3 N–H and O–H groups in total. The number of aryl methyl sites for hydroxylation is 1. The van der Waals surface area contributed by atoms with Crippen LogP contribution in [0.4, 0.5) is 4.39 Å². The number of rotatable bonds is 8. The molecular weight excluding hydrogens is 550 g/mol. The lowest BCUT2D eigenvalue weighted by Gasteiger charge is -2.13. The number of halogens is 3. The molecule has 0 aliphatic rings. The summed E-state index contributed by atoms with van der Waals surface area (Å²) in [5.41, 5.74) is 2.33. The SMILES string of the molecule is CCNC(=O)c1cccc(CNC(=NC)NCCCc2ccc(Br)cc2F)c1.I. The number of aliphatic imine (C=N–C) groups is 1. The summed E-state index contributed by atoms with van der Waals surface area (Å²) in [5.74, 6) is 0.399. The van der Waals surface area contributed by atoms with Gasteiger partial charge in [-0.1, -0.05) is 34.1 Å². The van der Waals surface area contributed by atoms with Crippen LogP contribution in [0.3, 0.4) is 0 Å². The van der Waals surface area contributed by atoms with Crippen molar-refractivity contribution in [2.24, 2.45) is 4.99 Å². The quantitative estimate of drug-likeness (QED) is 0.190. The summed E-state index contributed by atoms with van der Waals surface area (Å²) in [5, 5.41) is 9.25. The van der Waals surface area contributed by atoms with Gasteiger partial charge in [0.05, 0.1) is 0 Å². The molecule has 0 atom stereocenters. The number of amides is 1. The van der Waals surface area contributed by atoms with Crippen LogP contribution in [0.5, 0.6) is 0 Å². The first-order chi connectivity index (χ1) is 13.5. The number of benzene rings is 2. The average Bonchev–Trinajstić information content (AvgIpc) is 2.69. The molecule has 8 heteroatoms. The molecule has 0 saturated carbocycles. The Morgan fingerprint density at radius 2 is 1.93 bits per heavy atom. The highest BCUT2D eigenvalue weighted by molar-refractivity contribution is 14.0. The highest BCUT2D eigenvalue weighted by atomic mass is 127. The lowest BCUT2D eigenvalue weighted by atomic mass is 10.1. The molecule has 2 aromatic rings. The predicted molar refractivity (Wildman–Crippen MR) is 130 cm³/mol. The van der Waals surface area contributed by atoms with Crippen molar-refractivity contribution in [2.75, 3.05) is 20.1 Å². The largest absolute Gasteiger partial charge is 0.356 e. The van der Waals surface area contributed by atoms with Gasteiger partial charge in [0.15, 0.2) is 5.96 Å². The fourth-order valence-electron chi connectivity index (χ4n) is 2.70. The number of nitrogens with zero attached hydrogens (tertiary/aromatic N) is 1. The zero-order valence-corrected chi connectivity index (χ0v) is 20.5. The van der Waals surface area contributed by atoms with E-state index in [0.29, 0.717) is 43.1 Å². The standard InChI is InChI=1S/C21H26BrFN4O.HI/c1-3-25-20(28)17-7-4-6-15(12-17)14-27-21(24-2)26-11-5-8-16-9-10-18(22)13-19(16)23;/h4,6-7,9-10,12-13H,3,5,8,11,14H2,1-2H3,(H,25,28)(H2,24,26,27);1H. The van der Waals surface area contributed by atoms with Crippen LogP contribution in [0.25, 0.3) is 0 Å².